The first-order valence-electron chi connectivity index (χ1n) is 6.61. The van der Waals surface area contributed by atoms with Gasteiger partial charge in [-0.2, -0.15) is 0 Å². The van der Waals surface area contributed by atoms with Crippen LogP contribution >= 0.6 is 0 Å². The van der Waals surface area contributed by atoms with Crippen molar-refractivity contribution in [2.24, 2.45) is 5.84 Å². The summed E-state index contributed by atoms with van der Waals surface area (Å²) in [5.41, 5.74) is 6.94. The second-order valence-corrected chi connectivity index (χ2v) is 5.12. The van der Waals surface area contributed by atoms with E-state index in [2.05, 4.69) is 44.4 Å². The first kappa shape index (κ1) is 15.2. The summed E-state index contributed by atoms with van der Waals surface area (Å²) < 4.78 is 5.27. The Labute approximate surface area is 111 Å². The molecule has 3 nitrogen and oxygen atoms in total. The standard InChI is InChI=1S/C15H26N2O/c1-11-5-6-12(2)14(9-11)10-15(17-16)8-7-13(3)18-4/h5-6,9,13,15,17H,7-8,10,16H2,1-4H3. The molecule has 0 aliphatic carbocycles. The number of ether oxygens (including phenoxy) is 1. The van der Waals surface area contributed by atoms with Crippen molar-refractivity contribution < 1.29 is 4.74 Å². The van der Waals surface area contributed by atoms with Gasteiger partial charge in [-0.05, 0) is 51.2 Å². The van der Waals surface area contributed by atoms with Gasteiger partial charge in [0.05, 0.1) is 6.10 Å². The van der Waals surface area contributed by atoms with E-state index in [1.807, 2.05) is 0 Å². The maximum Gasteiger partial charge on any atom is 0.0543 e. The van der Waals surface area contributed by atoms with E-state index >= 15 is 0 Å². The number of nitrogens with one attached hydrogen (secondary N) is 1. The van der Waals surface area contributed by atoms with Crippen molar-refractivity contribution in [1.82, 2.24) is 5.43 Å². The molecule has 102 valence electrons. The molecular weight excluding hydrogens is 224 g/mol. The van der Waals surface area contributed by atoms with E-state index < -0.39 is 0 Å². The highest BCUT2D eigenvalue weighted by Crippen LogP contribution is 2.15. The Kier molecular flexibility index (Phi) is 6.33. The van der Waals surface area contributed by atoms with Crippen LogP contribution in [0.25, 0.3) is 0 Å². The van der Waals surface area contributed by atoms with Crippen molar-refractivity contribution in [3.8, 4) is 0 Å². The topological polar surface area (TPSA) is 47.3 Å². The van der Waals surface area contributed by atoms with Gasteiger partial charge in [-0.25, -0.2) is 0 Å². The number of rotatable bonds is 7. The van der Waals surface area contributed by atoms with Crippen LogP contribution < -0.4 is 11.3 Å². The van der Waals surface area contributed by atoms with Crippen molar-refractivity contribution >= 4 is 0 Å². The maximum atomic E-state index is 5.65. The molecule has 0 saturated carbocycles. The lowest BCUT2D eigenvalue weighted by molar-refractivity contribution is 0.106. The minimum absolute atomic E-state index is 0.291. The Bertz CT molecular complexity index is 366. The minimum atomic E-state index is 0.291. The van der Waals surface area contributed by atoms with Crippen LogP contribution in [0.4, 0.5) is 0 Å². The molecule has 1 rings (SSSR count). The van der Waals surface area contributed by atoms with Gasteiger partial charge in [0.25, 0.3) is 0 Å². The quantitative estimate of drug-likeness (QED) is 0.577. The monoisotopic (exact) mass is 250 g/mol. The smallest absolute Gasteiger partial charge is 0.0543 e. The van der Waals surface area contributed by atoms with Crippen LogP contribution in [0.3, 0.4) is 0 Å². The summed E-state index contributed by atoms with van der Waals surface area (Å²) in [4.78, 5) is 0. The minimum Gasteiger partial charge on any atom is -0.382 e. The molecule has 0 saturated heterocycles. The van der Waals surface area contributed by atoms with E-state index in [4.69, 9.17) is 10.6 Å². The van der Waals surface area contributed by atoms with Crippen molar-refractivity contribution in [2.45, 2.75) is 52.2 Å². The third-order valence-corrected chi connectivity index (χ3v) is 3.53. The molecule has 0 aliphatic heterocycles. The van der Waals surface area contributed by atoms with E-state index in [1.165, 1.54) is 16.7 Å². The number of hydrogen-bond donors (Lipinski definition) is 2. The first-order chi connectivity index (χ1) is 8.56. The summed E-state index contributed by atoms with van der Waals surface area (Å²) in [5, 5.41) is 0. The summed E-state index contributed by atoms with van der Waals surface area (Å²) in [5.74, 6) is 5.65. The van der Waals surface area contributed by atoms with E-state index in [1.54, 1.807) is 7.11 Å². The van der Waals surface area contributed by atoms with Gasteiger partial charge < -0.3 is 4.74 Å². The lowest BCUT2D eigenvalue weighted by Crippen LogP contribution is -2.37. The van der Waals surface area contributed by atoms with Gasteiger partial charge in [-0.1, -0.05) is 23.8 Å². The highest BCUT2D eigenvalue weighted by molar-refractivity contribution is 5.31. The number of hydrogen-bond acceptors (Lipinski definition) is 3. The Morgan fingerprint density at radius 3 is 2.61 bits per heavy atom. The highest BCUT2D eigenvalue weighted by Gasteiger charge is 2.11. The summed E-state index contributed by atoms with van der Waals surface area (Å²) in [6.45, 7) is 6.37. The Hall–Kier alpha value is -0.900. The molecule has 0 aromatic heterocycles. The van der Waals surface area contributed by atoms with Gasteiger partial charge in [0.2, 0.25) is 0 Å². The number of methoxy groups -OCH3 is 1. The molecule has 0 radical (unpaired) electrons. The molecular formula is C15H26N2O. The molecule has 2 atom stereocenters. The highest BCUT2D eigenvalue weighted by atomic mass is 16.5. The van der Waals surface area contributed by atoms with Crippen LogP contribution in [0.15, 0.2) is 18.2 Å². The van der Waals surface area contributed by atoms with Crippen LogP contribution in [0.1, 0.15) is 36.5 Å². The molecule has 0 heterocycles. The molecule has 0 fully saturated rings. The van der Waals surface area contributed by atoms with Crippen LogP contribution in [-0.2, 0) is 11.2 Å². The zero-order valence-electron chi connectivity index (χ0n) is 12.0. The number of hydrazine groups is 1. The fourth-order valence-corrected chi connectivity index (χ4v) is 2.08. The first-order valence-corrected chi connectivity index (χ1v) is 6.61. The zero-order chi connectivity index (χ0) is 13.5. The van der Waals surface area contributed by atoms with Gasteiger partial charge in [-0.15, -0.1) is 0 Å². The van der Waals surface area contributed by atoms with E-state index in [0.29, 0.717) is 12.1 Å². The van der Waals surface area contributed by atoms with E-state index in [9.17, 15) is 0 Å². The van der Waals surface area contributed by atoms with Gasteiger partial charge in [-0.3, -0.25) is 11.3 Å². The van der Waals surface area contributed by atoms with Crippen molar-refractivity contribution in [3.05, 3.63) is 34.9 Å². The molecule has 1 aromatic carbocycles. The summed E-state index contributed by atoms with van der Waals surface area (Å²) in [6.07, 6.45) is 3.31. The van der Waals surface area contributed by atoms with Gasteiger partial charge in [0.15, 0.2) is 0 Å². The van der Waals surface area contributed by atoms with Crippen molar-refractivity contribution in [3.63, 3.8) is 0 Å². The second-order valence-electron chi connectivity index (χ2n) is 5.12. The predicted molar refractivity (Wildman–Crippen MR) is 76.4 cm³/mol. The number of benzene rings is 1. The van der Waals surface area contributed by atoms with Crippen molar-refractivity contribution in [2.75, 3.05) is 7.11 Å². The predicted octanol–water partition coefficient (Wildman–Crippen LogP) is 2.49. The Balaban J connectivity index is 2.59. The van der Waals surface area contributed by atoms with Crippen molar-refractivity contribution in [1.29, 1.82) is 0 Å². The van der Waals surface area contributed by atoms with E-state index in [0.717, 1.165) is 19.3 Å². The van der Waals surface area contributed by atoms with Crippen LogP contribution in [0.5, 0.6) is 0 Å². The molecule has 0 amide bonds. The van der Waals surface area contributed by atoms with Gasteiger partial charge >= 0.3 is 0 Å². The largest absolute Gasteiger partial charge is 0.382 e. The molecule has 0 spiro atoms. The molecule has 3 heteroatoms. The molecule has 1 aromatic rings. The Morgan fingerprint density at radius 1 is 1.28 bits per heavy atom. The summed E-state index contributed by atoms with van der Waals surface area (Å²) in [7, 11) is 1.75. The number of aryl methyl sites for hydroxylation is 2. The van der Waals surface area contributed by atoms with Crippen LogP contribution in [0.2, 0.25) is 0 Å². The SMILES string of the molecule is COC(C)CCC(Cc1cc(C)ccc1C)NN. The normalized spacial score (nSPS) is 14.5. The average Bonchev–Trinajstić information content (AvgIpc) is 2.37. The van der Waals surface area contributed by atoms with Crippen LogP contribution in [-0.4, -0.2) is 19.3 Å². The fraction of sp³-hybridized carbons (Fsp3) is 0.600. The zero-order valence-corrected chi connectivity index (χ0v) is 12.0. The van der Waals surface area contributed by atoms with E-state index in [-0.39, 0.29) is 0 Å². The maximum absolute atomic E-state index is 5.65. The lowest BCUT2D eigenvalue weighted by Gasteiger charge is -2.19. The molecule has 2 unspecified atom stereocenters. The second kappa shape index (κ2) is 7.52. The summed E-state index contributed by atoms with van der Waals surface area (Å²) in [6, 6.07) is 6.88. The molecule has 3 N–H and O–H groups in total. The number of nitrogens with two attached hydrogens (primary N) is 1. The molecule has 0 aliphatic rings. The lowest BCUT2D eigenvalue weighted by atomic mass is 9.96. The third-order valence-electron chi connectivity index (χ3n) is 3.53. The van der Waals surface area contributed by atoms with Gasteiger partial charge in [0.1, 0.15) is 0 Å². The molecule has 0 bridgehead atoms. The third kappa shape index (κ3) is 4.77. The van der Waals surface area contributed by atoms with Crippen LogP contribution in [0, 0.1) is 13.8 Å². The van der Waals surface area contributed by atoms with Gasteiger partial charge in [0, 0.05) is 13.2 Å². The Morgan fingerprint density at radius 2 is 2.00 bits per heavy atom. The summed E-state index contributed by atoms with van der Waals surface area (Å²) >= 11 is 0. The molecule has 18 heavy (non-hydrogen) atoms. The fourth-order valence-electron chi connectivity index (χ4n) is 2.08. The average molecular weight is 250 g/mol.